The van der Waals surface area contributed by atoms with Crippen LogP contribution in [0.15, 0.2) is 0 Å². The molecule has 0 aromatic carbocycles. The van der Waals surface area contributed by atoms with Crippen LogP contribution in [-0.4, -0.2) is 47.7 Å². The average Bonchev–Trinajstić information content (AvgIpc) is 2.80. The third-order valence-corrected chi connectivity index (χ3v) is 3.74. The second kappa shape index (κ2) is 5.33. The second-order valence-electron chi connectivity index (χ2n) is 5.13. The Morgan fingerprint density at radius 3 is 2.59 bits per heavy atom. The lowest BCUT2D eigenvalue weighted by atomic mass is 9.79. The molecule has 1 atom stereocenters. The van der Waals surface area contributed by atoms with Crippen molar-refractivity contribution in [1.82, 2.24) is 0 Å². The highest BCUT2D eigenvalue weighted by Gasteiger charge is 2.36. The SMILES string of the molecule is O=C(O)C1CCC(O)(COC2CCOC2)CC1. The fourth-order valence-corrected chi connectivity index (χ4v) is 2.46. The smallest absolute Gasteiger partial charge is 0.306 e. The molecule has 0 spiro atoms. The summed E-state index contributed by atoms with van der Waals surface area (Å²) < 4.78 is 10.8. The summed E-state index contributed by atoms with van der Waals surface area (Å²) in [4.78, 5) is 10.8. The number of aliphatic carboxylic acids is 1. The predicted octanol–water partition coefficient (Wildman–Crippen LogP) is 0.798. The van der Waals surface area contributed by atoms with Crippen molar-refractivity contribution in [2.45, 2.75) is 43.8 Å². The third-order valence-electron chi connectivity index (χ3n) is 3.74. The number of hydrogen-bond donors (Lipinski definition) is 2. The van der Waals surface area contributed by atoms with Gasteiger partial charge in [0, 0.05) is 6.61 Å². The molecule has 0 aromatic heterocycles. The molecule has 5 heteroatoms. The zero-order chi connectivity index (χ0) is 12.3. The summed E-state index contributed by atoms with van der Waals surface area (Å²) in [5, 5.41) is 19.2. The van der Waals surface area contributed by atoms with Gasteiger partial charge >= 0.3 is 5.97 Å². The molecule has 17 heavy (non-hydrogen) atoms. The van der Waals surface area contributed by atoms with Crippen molar-refractivity contribution in [2.24, 2.45) is 5.92 Å². The minimum atomic E-state index is -0.839. The van der Waals surface area contributed by atoms with Crippen molar-refractivity contribution in [3.05, 3.63) is 0 Å². The lowest BCUT2D eigenvalue weighted by Gasteiger charge is -2.35. The van der Waals surface area contributed by atoms with Gasteiger partial charge in [0.15, 0.2) is 0 Å². The van der Waals surface area contributed by atoms with Crippen molar-refractivity contribution in [2.75, 3.05) is 19.8 Å². The quantitative estimate of drug-likeness (QED) is 0.765. The molecule has 5 nitrogen and oxygen atoms in total. The van der Waals surface area contributed by atoms with Gasteiger partial charge in [-0.1, -0.05) is 0 Å². The Kier molecular flexibility index (Phi) is 4.01. The summed E-state index contributed by atoms with van der Waals surface area (Å²) in [6, 6.07) is 0. The van der Waals surface area contributed by atoms with Gasteiger partial charge < -0.3 is 19.7 Å². The van der Waals surface area contributed by atoms with Gasteiger partial charge in [-0.2, -0.15) is 0 Å². The number of ether oxygens (including phenoxy) is 2. The summed E-state index contributed by atoms with van der Waals surface area (Å²) in [7, 11) is 0. The summed E-state index contributed by atoms with van der Waals surface area (Å²) >= 11 is 0. The Bertz CT molecular complexity index is 264. The lowest BCUT2D eigenvalue weighted by Crippen LogP contribution is -2.41. The van der Waals surface area contributed by atoms with Crippen LogP contribution in [-0.2, 0) is 14.3 Å². The van der Waals surface area contributed by atoms with E-state index in [4.69, 9.17) is 14.6 Å². The molecule has 2 rings (SSSR count). The standard InChI is InChI=1S/C12H20O5/c13-11(14)9-1-4-12(15,5-2-9)8-17-10-3-6-16-7-10/h9-10,15H,1-8H2,(H,13,14). The maximum Gasteiger partial charge on any atom is 0.306 e. The monoisotopic (exact) mass is 244 g/mol. The van der Waals surface area contributed by atoms with Gasteiger partial charge in [0.25, 0.3) is 0 Å². The van der Waals surface area contributed by atoms with Crippen molar-refractivity contribution >= 4 is 5.97 Å². The normalized spacial score (nSPS) is 38.2. The van der Waals surface area contributed by atoms with E-state index in [9.17, 15) is 9.90 Å². The van der Waals surface area contributed by atoms with Crippen molar-refractivity contribution in [3.8, 4) is 0 Å². The van der Waals surface area contributed by atoms with Gasteiger partial charge in [-0.15, -0.1) is 0 Å². The molecular formula is C12H20O5. The van der Waals surface area contributed by atoms with Crippen LogP contribution in [0.3, 0.4) is 0 Å². The van der Waals surface area contributed by atoms with E-state index >= 15 is 0 Å². The molecule has 1 heterocycles. The minimum absolute atomic E-state index is 0.0937. The van der Waals surface area contributed by atoms with Gasteiger partial charge in [0.1, 0.15) is 0 Å². The van der Waals surface area contributed by atoms with Crippen molar-refractivity contribution in [3.63, 3.8) is 0 Å². The van der Waals surface area contributed by atoms with E-state index in [1.807, 2.05) is 0 Å². The zero-order valence-corrected chi connectivity index (χ0v) is 9.93. The second-order valence-corrected chi connectivity index (χ2v) is 5.13. The molecule has 0 bridgehead atoms. The summed E-state index contributed by atoms with van der Waals surface area (Å²) in [6.45, 7) is 1.63. The number of carboxylic acid groups (broad SMARTS) is 1. The fraction of sp³-hybridized carbons (Fsp3) is 0.917. The zero-order valence-electron chi connectivity index (χ0n) is 9.93. The summed E-state index contributed by atoms with van der Waals surface area (Å²) in [5.41, 5.74) is -0.839. The van der Waals surface area contributed by atoms with Gasteiger partial charge in [-0.05, 0) is 32.1 Å². The summed E-state index contributed by atoms with van der Waals surface area (Å²) in [5.74, 6) is -1.05. The predicted molar refractivity (Wildman–Crippen MR) is 59.7 cm³/mol. The van der Waals surface area contributed by atoms with Crippen LogP contribution in [0.5, 0.6) is 0 Å². The lowest BCUT2D eigenvalue weighted by molar-refractivity contribution is -0.147. The largest absolute Gasteiger partial charge is 0.481 e. The van der Waals surface area contributed by atoms with E-state index in [1.54, 1.807) is 0 Å². The van der Waals surface area contributed by atoms with E-state index in [1.165, 1.54) is 0 Å². The van der Waals surface area contributed by atoms with Gasteiger partial charge in [-0.3, -0.25) is 4.79 Å². The van der Waals surface area contributed by atoms with E-state index in [0.29, 0.717) is 38.9 Å². The Labute approximate surface area is 101 Å². The van der Waals surface area contributed by atoms with Gasteiger partial charge in [0.2, 0.25) is 0 Å². The molecule has 2 aliphatic rings. The summed E-state index contributed by atoms with van der Waals surface area (Å²) in [6.07, 6.45) is 3.08. The molecule has 2 fully saturated rings. The van der Waals surface area contributed by atoms with Gasteiger partial charge in [-0.25, -0.2) is 0 Å². The molecule has 98 valence electrons. The van der Waals surface area contributed by atoms with Crippen LogP contribution in [0, 0.1) is 5.92 Å². The molecule has 1 unspecified atom stereocenters. The van der Waals surface area contributed by atoms with Crippen LogP contribution >= 0.6 is 0 Å². The van der Waals surface area contributed by atoms with Gasteiger partial charge in [0.05, 0.1) is 30.8 Å². The van der Waals surface area contributed by atoms with E-state index in [2.05, 4.69) is 0 Å². The van der Waals surface area contributed by atoms with E-state index in [0.717, 1.165) is 13.0 Å². The topological polar surface area (TPSA) is 76.0 Å². The highest BCUT2D eigenvalue weighted by Crippen LogP contribution is 2.33. The molecule has 2 N–H and O–H groups in total. The molecule has 0 radical (unpaired) electrons. The molecule has 0 amide bonds. The number of hydrogen-bond acceptors (Lipinski definition) is 4. The van der Waals surface area contributed by atoms with Crippen LogP contribution in [0.2, 0.25) is 0 Å². The highest BCUT2D eigenvalue weighted by atomic mass is 16.5. The Hall–Kier alpha value is -0.650. The van der Waals surface area contributed by atoms with Crippen LogP contribution < -0.4 is 0 Å². The molecule has 1 saturated carbocycles. The average molecular weight is 244 g/mol. The van der Waals surface area contributed by atoms with Crippen molar-refractivity contribution in [1.29, 1.82) is 0 Å². The van der Waals surface area contributed by atoms with E-state index in [-0.39, 0.29) is 12.0 Å². The van der Waals surface area contributed by atoms with E-state index < -0.39 is 11.6 Å². The Morgan fingerprint density at radius 2 is 2.06 bits per heavy atom. The molecule has 1 aliphatic heterocycles. The third kappa shape index (κ3) is 3.40. The maximum atomic E-state index is 10.8. The van der Waals surface area contributed by atoms with Crippen molar-refractivity contribution < 1.29 is 24.5 Å². The highest BCUT2D eigenvalue weighted by molar-refractivity contribution is 5.70. The number of rotatable bonds is 4. The number of aliphatic hydroxyl groups is 1. The Morgan fingerprint density at radius 1 is 1.35 bits per heavy atom. The van der Waals surface area contributed by atoms with Crippen LogP contribution in [0.1, 0.15) is 32.1 Å². The Balaban J connectivity index is 1.74. The maximum absolute atomic E-state index is 10.8. The molecule has 0 aromatic rings. The first-order valence-corrected chi connectivity index (χ1v) is 6.24. The first-order valence-electron chi connectivity index (χ1n) is 6.24. The van der Waals surface area contributed by atoms with Crippen LogP contribution in [0.4, 0.5) is 0 Å². The molecule has 1 aliphatic carbocycles. The number of carboxylic acids is 1. The first-order chi connectivity index (χ1) is 8.09. The molecular weight excluding hydrogens is 224 g/mol. The first kappa shape index (κ1) is 12.8. The number of carbonyl (C=O) groups is 1. The van der Waals surface area contributed by atoms with Crippen LogP contribution in [0.25, 0.3) is 0 Å². The fourth-order valence-electron chi connectivity index (χ4n) is 2.46. The minimum Gasteiger partial charge on any atom is -0.481 e. The molecule has 1 saturated heterocycles.